The Morgan fingerprint density at radius 1 is 1.42 bits per heavy atom. The molecule has 124 valence electrons. The van der Waals surface area contributed by atoms with Gasteiger partial charge in [0.15, 0.2) is 11.5 Å². The van der Waals surface area contributed by atoms with Gasteiger partial charge in [0, 0.05) is 11.1 Å². The van der Waals surface area contributed by atoms with Crippen molar-refractivity contribution in [1.29, 1.82) is 0 Å². The molecule has 1 aromatic carbocycles. The number of ether oxygens (including phenoxy) is 1. The topological polar surface area (TPSA) is 80.0 Å². The van der Waals surface area contributed by atoms with Gasteiger partial charge in [0.05, 0.1) is 12.0 Å². The van der Waals surface area contributed by atoms with E-state index in [2.05, 4.69) is 0 Å². The van der Waals surface area contributed by atoms with Gasteiger partial charge in [0.1, 0.15) is 11.8 Å². The van der Waals surface area contributed by atoms with Crippen molar-refractivity contribution in [3.05, 3.63) is 53.1 Å². The number of carbonyl (C=O) groups is 2. The first kappa shape index (κ1) is 16.1. The van der Waals surface area contributed by atoms with Crippen molar-refractivity contribution in [2.75, 3.05) is 4.90 Å². The molecule has 0 radical (unpaired) electrons. The lowest BCUT2D eigenvalue weighted by Crippen LogP contribution is -2.48. The van der Waals surface area contributed by atoms with Crippen molar-refractivity contribution in [2.45, 2.75) is 19.4 Å². The van der Waals surface area contributed by atoms with Crippen LogP contribution in [0.4, 0.5) is 5.69 Å². The van der Waals surface area contributed by atoms with Crippen molar-refractivity contribution in [2.24, 2.45) is 0 Å². The molecule has 1 N–H and O–H groups in total. The van der Waals surface area contributed by atoms with E-state index in [0.29, 0.717) is 22.2 Å². The molecule has 0 bridgehead atoms. The number of rotatable bonds is 4. The van der Waals surface area contributed by atoms with Crippen LogP contribution in [0.1, 0.15) is 19.1 Å². The number of nitrogens with zero attached hydrogens (tertiary/aromatic N) is 1. The molecular weight excluding hydrogens is 334 g/mol. The summed E-state index contributed by atoms with van der Waals surface area (Å²) in [7, 11) is 0. The third-order valence-electron chi connectivity index (χ3n) is 3.63. The lowest BCUT2D eigenvalue weighted by atomic mass is 10.1. The molecule has 0 fully saturated rings. The quantitative estimate of drug-likeness (QED) is 0.855. The summed E-state index contributed by atoms with van der Waals surface area (Å²) in [6.07, 6.45) is 3.14. The Kier molecular flexibility index (Phi) is 4.31. The third kappa shape index (κ3) is 2.88. The third-order valence-corrected chi connectivity index (χ3v) is 3.87. The number of carboxylic acids is 1. The van der Waals surface area contributed by atoms with Crippen molar-refractivity contribution in [3.8, 4) is 5.75 Å². The van der Waals surface area contributed by atoms with Gasteiger partial charge in [0.2, 0.25) is 0 Å². The lowest BCUT2D eigenvalue weighted by molar-refractivity contribution is -0.140. The summed E-state index contributed by atoms with van der Waals surface area (Å²) in [5, 5.41) is 9.86. The number of hydrogen-bond donors (Lipinski definition) is 1. The van der Waals surface area contributed by atoms with Crippen molar-refractivity contribution < 1.29 is 23.8 Å². The van der Waals surface area contributed by atoms with Crippen molar-refractivity contribution in [1.82, 2.24) is 0 Å². The van der Waals surface area contributed by atoms with E-state index in [4.69, 9.17) is 20.8 Å². The molecule has 2 heterocycles. The highest BCUT2D eigenvalue weighted by molar-refractivity contribution is 6.31. The molecule has 7 heteroatoms. The fraction of sp³-hybridized carbons (Fsp3) is 0.176. The van der Waals surface area contributed by atoms with E-state index in [-0.39, 0.29) is 12.2 Å². The van der Waals surface area contributed by atoms with E-state index in [1.165, 1.54) is 23.3 Å². The fourth-order valence-electron chi connectivity index (χ4n) is 2.53. The van der Waals surface area contributed by atoms with Gasteiger partial charge in [-0.1, -0.05) is 18.5 Å². The number of furan rings is 1. The first-order valence-corrected chi connectivity index (χ1v) is 7.68. The van der Waals surface area contributed by atoms with Gasteiger partial charge in [-0.25, -0.2) is 4.79 Å². The minimum absolute atomic E-state index is 0.0144. The number of aliphatic carboxylic acids is 1. The Balaban J connectivity index is 2.12. The van der Waals surface area contributed by atoms with Crippen LogP contribution in [0.2, 0.25) is 5.02 Å². The van der Waals surface area contributed by atoms with Crippen LogP contribution >= 0.6 is 11.6 Å². The van der Waals surface area contributed by atoms with Crippen molar-refractivity contribution in [3.63, 3.8) is 0 Å². The largest absolute Gasteiger partial charge is 0.480 e. The summed E-state index contributed by atoms with van der Waals surface area (Å²) in [6.45, 7) is 1.70. The molecule has 1 atom stereocenters. The normalized spacial score (nSPS) is 16.7. The van der Waals surface area contributed by atoms with E-state index in [0.717, 1.165) is 0 Å². The number of fused-ring (bicyclic) bond motifs is 1. The van der Waals surface area contributed by atoms with E-state index in [9.17, 15) is 14.7 Å². The monoisotopic (exact) mass is 347 g/mol. The standard InChI is InChI=1S/C17H14ClNO5/c1-2-12(17(21)22)19-13-8-10(18)5-6-14(13)24-15(16(19)20)9-11-4-3-7-23-11/h3-9,12H,2H2,1H3,(H,21,22)/b15-9+. The van der Waals surface area contributed by atoms with E-state index < -0.39 is 17.9 Å². The smallest absolute Gasteiger partial charge is 0.326 e. The first-order valence-electron chi connectivity index (χ1n) is 7.30. The maximum absolute atomic E-state index is 12.8. The number of halogens is 1. The van der Waals surface area contributed by atoms with E-state index in [1.54, 1.807) is 31.2 Å². The molecule has 1 aliphatic rings. The van der Waals surface area contributed by atoms with Gasteiger partial charge >= 0.3 is 5.97 Å². The average molecular weight is 348 g/mol. The molecule has 6 nitrogen and oxygen atoms in total. The van der Waals surface area contributed by atoms with Crippen LogP contribution in [-0.2, 0) is 9.59 Å². The van der Waals surface area contributed by atoms with Crippen LogP contribution in [0, 0.1) is 0 Å². The van der Waals surface area contributed by atoms with Gasteiger partial charge in [-0.15, -0.1) is 0 Å². The molecule has 1 amide bonds. The Labute approximate surface area is 142 Å². The fourth-order valence-corrected chi connectivity index (χ4v) is 2.69. The number of hydrogen-bond acceptors (Lipinski definition) is 4. The van der Waals surface area contributed by atoms with Gasteiger partial charge in [-0.3, -0.25) is 9.69 Å². The summed E-state index contributed by atoms with van der Waals surface area (Å²) >= 11 is 6.00. The van der Waals surface area contributed by atoms with E-state index >= 15 is 0 Å². The number of benzene rings is 1. The van der Waals surface area contributed by atoms with Crippen LogP contribution in [-0.4, -0.2) is 23.0 Å². The Morgan fingerprint density at radius 2 is 2.21 bits per heavy atom. The van der Waals surface area contributed by atoms with Crippen LogP contribution in [0.15, 0.2) is 46.8 Å². The zero-order chi connectivity index (χ0) is 17.3. The Hall–Kier alpha value is -2.73. The van der Waals surface area contributed by atoms with Gasteiger partial charge in [0.25, 0.3) is 5.91 Å². The second-order valence-electron chi connectivity index (χ2n) is 5.18. The molecule has 0 spiro atoms. The number of amides is 1. The summed E-state index contributed by atoms with van der Waals surface area (Å²) in [5.74, 6) is -0.887. The molecule has 3 rings (SSSR count). The number of carboxylic acid groups (broad SMARTS) is 1. The summed E-state index contributed by atoms with van der Waals surface area (Å²) in [5.41, 5.74) is 0.332. The molecule has 2 aromatic rings. The highest BCUT2D eigenvalue weighted by atomic mass is 35.5. The Morgan fingerprint density at radius 3 is 2.83 bits per heavy atom. The molecule has 1 aliphatic heterocycles. The first-order chi connectivity index (χ1) is 11.5. The maximum Gasteiger partial charge on any atom is 0.326 e. The predicted octanol–water partition coefficient (Wildman–Crippen LogP) is 3.56. The van der Waals surface area contributed by atoms with E-state index in [1.807, 2.05) is 0 Å². The minimum Gasteiger partial charge on any atom is -0.480 e. The molecule has 0 saturated heterocycles. The number of anilines is 1. The second-order valence-corrected chi connectivity index (χ2v) is 5.61. The highest BCUT2D eigenvalue weighted by Crippen LogP contribution is 2.39. The van der Waals surface area contributed by atoms with Gasteiger partial charge in [-0.05, 0) is 36.8 Å². The van der Waals surface area contributed by atoms with Crippen LogP contribution < -0.4 is 9.64 Å². The lowest BCUT2D eigenvalue weighted by Gasteiger charge is -2.34. The molecule has 1 unspecified atom stereocenters. The predicted molar refractivity (Wildman–Crippen MR) is 88.0 cm³/mol. The zero-order valence-corrected chi connectivity index (χ0v) is 13.5. The Bertz CT molecular complexity index is 812. The summed E-state index contributed by atoms with van der Waals surface area (Å²) < 4.78 is 10.8. The van der Waals surface area contributed by atoms with Crippen LogP contribution in [0.25, 0.3) is 6.08 Å². The average Bonchev–Trinajstić information content (AvgIpc) is 3.04. The minimum atomic E-state index is -1.10. The number of carbonyl (C=O) groups excluding carboxylic acids is 1. The summed E-state index contributed by atoms with van der Waals surface area (Å²) in [4.78, 5) is 25.6. The van der Waals surface area contributed by atoms with Gasteiger partial charge in [-0.2, -0.15) is 0 Å². The molecular formula is C17H14ClNO5. The molecule has 1 aromatic heterocycles. The van der Waals surface area contributed by atoms with Crippen molar-refractivity contribution >= 4 is 35.2 Å². The molecule has 24 heavy (non-hydrogen) atoms. The second kappa shape index (κ2) is 6.41. The summed E-state index contributed by atoms with van der Waals surface area (Å²) in [6, 6.07) is 7.04. The molecule has 0 aliphatic carbocycles. The SMILES string of the molecule is CCC(C(=O)O)N1C(=O)/C(=C\c2ccco2)Oc2ccc(Cl)cc21. The maximum atomic E-state index is 12.8. The van der Waals surface area contributed by atoms with Crippen LogP contribution in [0.3, 0.4) is 0 Å². The highest BCUT2D eigenvalue weighted by Gasteiger charge is 2.38. The van der Waals surface area contributed by atoms with Gasteiger partial charge < -0.3 is 14.3 Å². The zero-order valence-electron chi connectivity index (χ0n) is 12.7. The van der Waals surface area contributed by atoms with Crippen LogP contribution in [0.5, 0.6) is 5.75 Å². The molecule has 0 saturated carbocycles.